The van der Waals surface area contributed by atoms with Gasteiger partial charge in [-0.3, -0.25) is 9.67 Å². The number of nitrogens with zero attached hydrogens (tertiary/aromatic N) is 3. The summed E-state index contributed by atoms with van der Waals surface area (Å²) >= 11 is 3.58. The smallest absolute Gasteiger partial charge is 0.0774 e. The van der Waals surface area contributed by atoms with Crippen molar-refractivity contribution in [2.24, 2.45) is 0 Å². The predicted molar refractivity (Wildman–Crippen MR) is 75.5 cm³/mol. The van der Waals surface area contributed by atoms with E-state index in [1.807, 2.05) is 36.4 Å². The number of hydrogen-bond acceptors (Lipinski definition) is 3. The maximum atomic E-state index is 4.37. The Morgan fingerprint density at radius 2 is 2.22 bits per heavy atom. The Bertz CT molecular complexity index is 536. The van der Waals surface area contributed by atoms with Crippen molar-refractivity contribution in [1.82, 2.24) is 20.1 Å². The zero-order valence-corrected chi connectivity index (χ0v) is 12.4. The SMILES string of the molecule is CCn1ncc(Br)c1C(NC)c1cnccc1C. The zero-order chi connectivity index (χ0) is 13.1. The fraction of sp³-hybridized carbons (Fsp3) is 0.385. The maximum Gasteiger partial charge on any atom is 0.0774 e. The van der Waals surface area contributed by atoms with Crippen molar-refractivity contribution in [3.63, 3.8) is 0 Å². The lowest BCUT2D eigenvalue weighted by atomic mass is 10.0. The number of aromatic nitrogens is 3. The summed E-state index contributed by atoms with van der Waals surface area (Å²) in [5.74, 6) is 0. The summed E-state index contributed by atoms with van der Waals surface area (Å²) in [5, 5.41) is 7.71. The van der Waals surface area contributed by atoms with Gasteiger partial charge in [0.2, 0.25) is 0 Å². The lowest BCUT2D eigenvalue weighted by Crippen LogP contribution is -2.22. The van der Waals surface area contributed by atoms with E-state index in [-0.39, 0.29) is 6.04 Å². The second-order valence-electron chi connectivity index (χ2n) is 4.15. The number of pyridine rings is 1. The first-order valence-electron chi connectivity index (χ1n) is 5.98. The van der Waals surface area contributed by atoms with Crippen LogP contribution in [0, 0.1) is 6.92 Å². The third-order valence-electron chi connectivity index (χ3n) is 3.09. The van der Waals surface area contributed by atoms with Crippen molar-refractivity contribution in [3.8, 4) is 0 Å². The van der Waals surface area contributed by atoms with Crippen molar-refractivity contribution in [1.29, 1.82) is 0 Å². The van der Waals surface area contributed by atoms with Crippen molar-refractivity contribution >= 4 is 15.9 Å². The molecule has 18 heavy (non-hydrogen) atoms. The van der Waals surface area contributed by atoms with E-state index in [1.165, 1.54) is 11.1 Å². The van der Waals surface area contributed by atoms with Crippen LogP contribution in [0.5, 0.6) is 0 Å². The van der Waals surface area contributed by atoms with Crippen molar-refractivity contribution in [2.75, 3.05) is 7.05 Å². The van der Waals surface area contributed by atoms with Crippen LogP contribution in [0.2, 0.25) is 0 Å². The summed E-state index contributed by atoms with van der Waals surface area (Å²) in [7, 11) is 1.95. The summed E-state index contributed by atoms with van der Waals surface area (Å²) in [5.41, 5.74) is 3.53. The monoisotopic (exact) mass is 308 g/mol. The minimum Gasteiger partial charge on any atom is -0.308 e. The highest BCUT2D eigenvalue weighted by molar-refractivity contribution is 9.10. The van der Waals surface area contributed by atoms with Gasteiger partial charge in [-0.25, -0.2) is 0 Å². The fourth-order valence-electron chi connectivity index (χ4n) is 2.13. The van der Waals surface area contributed by atoms with Gasteiger partial charge in [0.15, 0.2) is 0 Å². The lowest BCUT2D eigenvalue weighted by Gasteiger charge is -2.20. The quantitative estimate of drug-likeness (QED) is 0.944. The molecule has 0 aromatic carbocycles. The molecule has 0 aliphatic carbocycles. The molecule has 96 valence electrons. The van der Waals surface area contributed by atoms with Crippen molar-refractivity contribution < 1.29 is 0 Å². The molecule has 2 aromatic rings. The molecule has 0 saturated carbocycles. The molecule has 0 amide bonds. The first-order valence-corrected chi connectivity index (χ1v) is 6.77. The van der Waals surface area contributed by atoms with Crippen molar-refractivity contribution in [2.45, 2.75) is 26.4 Å². The van der Waals surface area contributed by atoms with Crippen LogP contribution in [-0.4, -0.2) is 21.8 Å². The van der Waals surface area contributed by atoms with Crippen LogP contribution in [0.4, 0.5) is 0 Å². The van der Waals surface area contributed by atoms with Gasteiger partial charge < -0.3 is 5.32 Å². The van der Waals surface area contributed by atoms with E-state index in [4.69, 9.17) is 0 Å². The third kappa shape index (κ3) is 2.33. The second-order valence-corrected chi connectivity index (χ2v) is 5.00. The highest BCUT2D eigenvalue weighted by Gasteiger charge is 2.21. The van der Waals surface area contributed by atoms with Crippen LogP contribution in [0.3, 0.4) is 0 Å². The molecular formula is C13H17BrN4. The molecule has 2 aromatic heterocycles. The van der Waals surface area contributed by atoms with Gasteiger partial charge in [0.05, 0.1) is 22.4 Å². The number of halogens is 1. The molecule has 0 fully saturated rings. The van der Waals surface area contributed by atoms with Gasteiger partial charge in [-0.05, 0) is 54.0 Å². The summed E-state index contributed by atoms with van der Waals surface area (Å²) in [4.78, 5) is 4.22. The molecule has 0 aliphatic rings. The summed E-state index contributed by atoms with van der Waals surface area (Å²) < 4.78 is 3.02. The molecule has 2 heterocycles. The highest BCUT2D eigenvalue weighted by Crippen LogP contribution is 2.29. The van der Waals surface area contributed by atoms with E-state index in [0.717, 1.165) is 16.7 Å². The minimum absolute atomic E-state index is 0.0931. The molecule has 0 radical (unpaired) electrons. The van der Waals surface area contributed by atoms with Crippen LogP contribution >= 0.6 is 15.9 Å². The number of rotatable bonds is 4. The average Bonchev–Trinajstić information content (AvgIpc) is 2.74. The molecule has 0 saturated heterocycles. The molecule has 1 atom stereocenters. The second kappa shape index (κ2) is 5.63. The van der Waals surface area contributed by atoms with Crippen LogP contribution in [0.1, 0.15) is 29.8 Å². The average molecular weight is 309 g/mol. The maximum absolute atomic E-state index is 4.37. The van der Waals surface area contributed by atoms with E-state index in [2.05, 4.69) is 45.2 Å². The topological polar surface area (TPSA) is 42.7 Å². The Morgan fingerprint density at radius 3 is 2.83 bits per heavy atom. The molecule has 0 aliphatic heterocycles. The number of hydrogen-bond donors (Lipinski definition) is 1. The normalized spacial score (nSPS) is 12.7. The molecule has 5 heteroatoms. The Morgan fingerprint density at radius 1 is 1.44 bits per heavy atom. The molecule has 2 rings (SSSR count). The highest BCUT2D eigenvalue weighted by atomic mass is 79.9. The van der Waals surface area contributed by atoms with Crippen LogP contribution in [0.15, 0.2) is 29.1 Å². The first-order chi connectivity index (χ1) is 8.69. The predicted octanol–water partition coefficient (Wildman–Crippen LogP) is 2.68. The van der Waals surface area contributed by atoms with E-state index >= 15 is 0 Å². The van der Waals surface area contributed by atoms with Gasteiger partial charge >= 0.3 is 0 Å². The van der Waals surface area contributed by atoms with Gasteiger partial charge in [-0.2, -0.15) is 5.10 Å². The van der Waals surface area contributed by atoms with E-state index in [1.54, 1.807) is 0 Å². The van der Waals surface area contributed by atoms with Gasteiger partial charge in [-0.15, -0.1) is 0 Å². The molecular weight excluding hydrogens is 292 g/mol. The lowest BCUT2D eigenvalue weighted by molar-refractivity contribution is 0.559. The Kier molecular flexibility index (Phi) is 4.14. The zero-order valence-electron chi connectivity index (χ0n) is 10.8. The molecule has 1 unspecified atom stereocenters. The Labute approximate surface area is 116 Å². The van der Waals surface area contributed by atoms with E-state index in [0.29, 0.717) is 0 Å². The summed E-state index contributed by atoms with van der Waals surface area (Å²) in [6, 6.07) is 2.12. The van der Waals surface area contributed by atoms with Gasteiger partial charge in [0, 0.05) is 18.9 Å². The first kappa shape index (κ1) is 13.2. The molecule has 1 N–H and O–H groups in total. The van der Waals surface area contributed by atoms with Gasteiger partial charge in [-0.1, -0.05) is 0 Å². The largest absolute Gasteiger partial charge is 0.308 e. The van der Waals surface area contributed by atoms with Crippen LogP contribution in [0.25, 0.3) is 0 Å². The summed E-state index contributed by atoms with van der Waals surface area (Å²) in [6.45, 7) is 5.03. The van der Waals surface area contributed by atoms with Gasteiger partial charge in [0.1, 0.15) is 0 Å². The molecule has 4 nitrogen and oxygen atoms in total. The standard InChI is InChI=1S/C13H17BrN4/c1-4-18-13(11(14)8-17-18)12(15-3)10-7-16-6-5-9(10)2/h5-8,12,15H,4H2,1-3H3. The van der Waals surface area contributed by atoms with Gasteiger partial charge in [0.25, 0.3) is 0 Å². The Hall–Kier alpha value is -1.20. The number of aryl methyl sites for hydroxylation is 2. The molecule has 0 spiro atoms. The third-order valence-corrected chi connectivity index (χ3v) is 3.70. The Balaban J connectivity index is 2.52. The van der Waals surface area contributed by atoms with Crippen LogP contribution < -0.4 is 5.32 Å². The van der Waals surface area contributed by atoms with E-state index < -0.39 is 0 Å². The molecule has 0 bridgehead atoms. The summed E-state index contributed by atoms with van der Waals surface area (Å²) in [6.07, 6.45) is 5.57. The number of nitrogens with one attached hydrogen (secondary N) is 1. The fourth-order valence-corrected chi connectivity index (χ4v) is 2.65. The van der Waals surface area contributed by atoms with Crippen molar-refractivity contribution in [3.05, 3.63) is 46.0 Å². The van der Waals surface area contributed by atoms with Crippen LogP contribution in [-0.2, 0) is 6.54 Å². The minimum atomic E-state index is 0.0931. The van der Waals surface area contributed by atoms with E-state index in [9.17, 15) is 0 Å².